The normalized spacial score (nSPS) is 15.9. The Labute approximate surface area is 101 Å². The molecule has 3 nitrogen and oxygen atoms in total. The highest BCUT2D eigenvalue weighted by Gasteiger charge is 2.21. The number of aromatic nitrogens is 2. The molecule has 4 heteroatoms. The Kier molecular flexibility index (Phi) is 3.64. The van der Waals surface area contributed by atoms with Crippen LogP contribution in [0.2, 0.25) is 5.15 Å². The van der Waals surface area contributed by atoms with Crippen LogP contribution in [0.3, 0.4) is 0 Å². The van der Waals surface area contributed by atoms with Crippen LogP contribution < -0.4 is 4.74 Å². The Morgan fingerprint density at radius 1 is 1.38 bits per heavy atom. The second-order valence-electron chi connectivity index (χ2n) is 4.28. The number of nitrogens with zero attached hydrogens (tertiary/aromatic N) is 2. The molecule has 0 spiro atoms. The van der Waals surface area contributed by atoms with Gasteiger partial charge >= 0.3 is 0 Å². The summed E-state index contributed by atoms with van der Waals surface area (Å²) in [6.45, 7) is 4.01. The van der Waals surface area contributed by atoms with E-state index in [0.717, 1.165) is 37.1 Å². The van der Waals surface area contributed by atoms with Crippen molar-refractivity contribution in [3.05, 3.63) is 16.5 Å². The maximum atomic E-state index is 6.07. The molecule has 2 rings (SSSR count). The number of ether oxygens (including phenoxy) is 1. The highest BCUT2D eigenvalue weighted by Crippen LogP contribution is 2.28. The smallest absolute Gasteiger partial charge is 0.221 e. The fourth-order valence-corrected chi connectivity index (χ4v) is 1.79. The van der Waals surface area contributed by atoms with Crippen LogP contribution in [0.5, 0.6) is 5.88 Å². The summed E-state index contributed by atoms with van der Waals surface area (Å²) >= 11 is 6.07. The number of halogens is 1. The van der Waals surface area contributed by atoms with E-state index < -0.39 is 0 Å². The summed E-state index contributed by atoms with van der Waals surface area (Å²) in [5.74, 6) is 1.46. The lowest BCUT2D eigenvalue weighted by Gasteiger charge is -2.26. The molecule has 1 aromatic rings. The van der Waals surface area contributed by atoms with Gasteiger partial charge in [0.15, 0.2) is 0 Å². The van der Waals surface area contributed by atoms with Crippen LogP contribution >= 0.6 is 11.6 Å². The number of aryl methyl sites for hydroxylation is 1. The highest BCUT2D eigenvalue weighted by atomic mass is 35.5. The summed E-state index contributed by atoms with van der Waals surface area (Å²) in [6, 6.07) is 0. The molecule has 1 aliphatic rings. The summed E-state index contributed by atoms with van der Waals surface area (Å²) in [7, 11) is 0. The fraction of sp³-hybridized carbons (Fsp3) is 0.667. The van der Waals surface area contributed by atoms with Crippen LogP contribution in [-0.2, 0) is 6.42 Å². The Hall–Kier alpha value is -0.830. The maximum absolute atomic E-state index is 6.07. The van der Waals surface area contributed by atoms with Gasteiger partial charge in [0.05, 0.1) is 0 Å². The van der Waals surface area contributed by atoms with Gasteiger partial charge in [0.2, 0.25) is 5.88 Å². The molecule has 0 amide bonds. The molecule has 0 radical (unpaired) electrons. The lowest BCUT2D eigenvalue weighted by molar-refractivity contribution is 0.113. The van der Waals surface area contributed by atoms with Crippen LogP contribution in [0.15, 0.2) is 0 Å². The molecule has 0 aliphatic heterocycles. The van der Waals surface area contributed by atoms with E-state index >= 15 is 0 Å². The molecule has 88 valence electrons. The zero-order chi connectivity index (χ0) is 11.5. The lowest BCUT2D eigenvalue weighted by atomic mass is 9.96. The Bertz CT molecular complexity index is 378. The number of hydrogen-bond acceptors (Lipinski definition) is 3. The first-order valence-electron chi connectivity index (χ1n) is 5.90. The van der Waals surface area contributed by atoms with E-state index in [1.807, 2.05) is 6.92 Å². The van der Waals surface area contributed by atoms with Gasteiger partial charge in [-0.1, -0.05) is 18.5 Å². The third-order valence-electron chi connectivity index (χ3n) is 2.89. The zero-order valence-electron chi connectivity index (χ0n) is 9.79. The van der Waals surface area contributed by atoms with E-state index in [0.29, 0.717) is 17.1 Å². The summed E-state index contributed by atoms with van der Waals surface area (Å²) in [6.07, 6.45) is 5.71. The lowest BCUT2D eigenvalue weighted by Crippen LogP contribution is -2.25. The van der Waals surface area contributed by atoms with Gasteiger partial charge in [0.1, 0.15) is 17.1 Å². The maximum Gasteiger partial charge on any atom is 0.221 e. The van der Waals surface area contributed by atoms with E-state index in [-0.39, 0.29) is 0 Å². The van der Waals surface area contributed by atoms with Gasteiger partial charge in [0, 0.05) is 12.0 Å². The van der Waals surface area contributed by atoms with Gasteiger partial charge in [-0.3, -0.25) is 0 Å². The second-order valence-corrected chi connectivity index (χ2v) is 4.64. The van der Waals surface area contributed by atoms with Crippen molar-refractivity contribution in [1.29, 1.82) is 0 Å². The minimum atomic E-state index is 0.333. The van der Waals surface area contributed by atoms with E-state index in [1.54, 1.807) is 0 Å². The van der Waals surface area contributed by atoms with E-state index in [2.05, 4.69) is 16.9 Å². The molecule has 0 atom stereocenters. The molecular weight excluding hydrogens is 224 g/mol. The quantitative estimate of drug-likeness (QED) is 0.758. The zero-order valence-corrected chi connectivity index (χ0v) is 10.5. The van der Waals surface area contributed by atoms with Crippen LogP contribution in [0, 0.1) is 6.92 Å². The van der Waals surface area contributed by atoms with Crippen LogP contribution in [0.25, 0.3) is 0 Å². The average Bonchev–Trinajstić information content (AvgIpc) is 2.19. The molecule has 0 aromatic carbocycles. The molecule has 0 saturated heterocycles. The number of rotatable bonds is 4. The van der Waals surface area contributed by atoms with Gasteiger partial charge in [0.25, 0.3) is 0 Å². The van der Waals surface area contributed by atoms with E-state index in [4.69, 9.17) is 16.3 Å². The third-order valence-corrected chi connectivity index (χ3v) is 3.26. The van der Waals surface area contributed by atoms with Crippen molar-refractivity contribution in [2.24, 2.45) is 0 Å². The van der Waals surface area contributed by atoms with Gasteiger partial charge < -0.3 is 4.74 Å². The van der Waals surface area contributed by atoms with Gasteiger partial charge in [-0.25, -0.2) is 4.98 Å². The van der Waals surface area contributed by atoms with E-state index in [1.165, 1.54) is 6.42 Å². The van der Waals surface area contributed by atoms with Crippen LogP contribution in [0.1, 0.15) is 44.0 Å². The Morgan fingerprint density at radius 2 is 2.12 bits per heavy atom. The van der Waals surface area contributed by atoms with Crippen LogP contribution in [0.4, 0.5) is 0 Å². The molecule has 1 fully saturated rings. The summed E-state index contributed by atoms with van der Waals surface area (Å²) in [5.41, 5.74) is 0.855. The topological polar surface area (TPSA) is 35.0 Å². The molecule has 1 saturated carbocycles. The Balaban J connectivity index is 2.19. The minimum absolute atomic E-state index is 0.333. The van der Waals surface area contributed by atoms with Gasteiger partial charge in [-0.2, -0.15) is 4.98 Å². The first-order chi connectivity index (χ1) is 7.70. The molecule has 1 aromatic heterocycles. The molecule has 0 bridgehead atoms. The van der Waals surface area contributed by atoms with Crippen molar-refractivity contribution in [3.8, 4) is 5.88 Å². The van der Waals surface area contributed by atoms with Gasteiger partial charge in [-0.05, 0) is 32.6 Å². The predicted molar refractivity (Wildman–Crippen MR) is 64.0 cm³/mol. The van der Waals surface area contributed by atoms with Crippen molar-refractivity contribution in [2.45, 2.75) is 52.1 Å². The Morgan fingerprint density at radius 3 is 2.69 bits per heavy atom. The van der Waals surface area contributed by atoms with Crippen molar-refractivity contribution < 1.29 is 4.74 Å². The summed E-state index contributed by atoms with van der Waals surface area (Å²) < 4.78 is 5.81. The highest BCUT2D eigenvalue weighted by molar-refractivity contribution is 6.30. The van der Waals surface area contributed by atoms with Crippen molar-refractivity contribution in [1.82, 2.24) is 9.97 Å². The average molecular weight is 241 g/mol. The van der Waals surface area contributed by atoms with Crippen molar-refractivity contribution in [3.63, 3.8) is 0 Å². The second kappa shape index (κ2) is 5.00. The molecular formula is C12H17ClN2O. The molecule has 0 N–H and O–H groups in total. The molecule has 1 aliphatic carbocycles. The molecule has 0 unspecified atom stereocenters. The van der Waals surface area contributed by atoms with Crippen molar-refractivity contribution in [2.75, 3.05) is 0 Å². The van der Waals surface area contributed by atoms with E-state index in [9.17, 15) is 0 Å². The first-order valence-corrected chi connectivity index (χ1v) is 6.28. The SMILES string of the molecule is CCCc1nc(Cl)c(C)c(OC2CCC2)n1. The van der Waals surface area contributed by atoms with Gasteiger partial charge in [-0.15, -0.1) is 0 Å². The molecule has 16 heavy (non-hydrogen) atoms. The number of hydrogen-bond donors (Lipinski definition) is 0. The first kappa shape index (κ1) is 11.6. The minimum Gasteiger partial charge on any atom is -0.474 e. The van der Waals surface area contributed by atoms with Crippen LogP contribution in [-0.4, -0.2) is 16.1 Å². The largest absolute Gasteiger partial charge is 0.474 e. The van der Waals surface area contributed by atoms with Crippen molar-refractivity contribution >= 4 is 11.6 Å². The summed E-state index contributed by atoms with van der Waals surface area (Å²) in [4.78, 5) is 8.68. The third kappa shape index (κ3) is 2.46. The standard InChI is InChI=1S/C12H17ClN2O/c1-3-5-10-14-11(13)8(2)12(15-10)16-9-6-4-7-9/h9H,3-7H2,1-2H3. The fourth-order valence-electron chi connectivity index (χ4n) is 1.61. The summed E-state index contributed by atoms with van der Waals surface area (Å²) in [5, 5.41) is 0.521. The monoisotopic (exact) mass is 240 g/mol. The molecule has 1 heterocycles. The predicted octanol–water partition coefficient (Wildman–Crippen LogP) is 3.32.